The molecule has 21 heavy (non-hydrogen) atoms. The van der Waals surface area contributed by atoms with E-state index in [0.717, 1.165) is 10.0 Å². The first kappa shape index (κ1) is 15.2. The minimum absolute atomic E-state index is 0.0494. The van der Waals surface area contributed by atoms with E-state index in [4.69, 9.17) is 4.74 Å². The van der Waals surface area contributed by atoms with E-state index in [2.05, 4.69) is 15.9 Å². The Morgan fingerprint density at radius 1 is 1.24 bits per heavy atom. The molecule has 0 amide bonds. The number of carbonyl (C=O) groups is 1. The van der Waals surface area contributed by atoms with Crippen molar-refractivity contribution in [3.63, 3.8) is 0 Å². The van der Waals surface area contributed by atoms with Gasteiger partial charge in [0, 0.05) is 4.47 Å². The summed E-state index contributed by atoms with van der Waals surface area (Å²) >= 11 is 3.33. The summed E-state index contributed by atoms with van der Waals surface area (Å²) < 4.78 is 6.45. The van der Waals surface area contributed by atoms with E-state index >= 15 is 0 Å². The monoisotopic (exact) mass is 349 g/mol. The van der Waals surface area contributed by atoms with Crippen LogP contribution in [0.25, 0.3) is 0 Å². The quantitative estimate of drug-likeness (QED) is 0.462. The molecule has 2 aromatic carbocycles. The summed E-state index contributed by atoms with van der Waals surface area (Å²) in [6.45, 7) is 1.48. The Bertz CT molecular complexity index is 683. The molecule has 2 rings (SSSR count). The normalized spacial score (nSPS) is 10.2. The molecule has 0 atom stereocenters. The van der Waals surface area contributed by atoms with Gasteiger partial charge in [-0.2, -0.15) is 0 Å². The summed E-state index contributed by atoms with van der Waals surface area (Å²) in [6, 6.07) is 11.9. The van der Waals surface area contributed by atoms with E-state index in [-0.39, 0.29) is 29.4 Å². The van der Waals surface area contributed by atoms with Gasteiger partial charge in [-0.25, -0.2) is 0 Å². The highest BCUT2D eigenvalue weighted by atomic mass is 79.9. The van der Waals surface area contributed by atoms with Crippen molar-refractivity contribution in [3.8, 4) is 5.75 Å². The van der Waals surface area contributed by atoms with Crippen molar-refractivity contribution in [3.05, 3.63) is 68.2 Å². The van der Waals surface area contributed by atoms with Crippen LogP contribution in [0.1, 0.15) is 22.8 Å². The van der Waals surface area contributed by atoms with E-state index in [0.29, 0.717) is 0 Å². The van der Waals surface area contributed by atoms with Gasteiger partial charge in [-0.15, -0.1) is 0 Å². The number of ether oxygens (including phenoxy) is 1. The Hall–Kier alpha value is -2.21. The second kappa shape index (κ2) is 6.49. The number of nitro groups is 1. The highest BCUT2D eigenvalue weighted by molar-refractivity contribution is 9.10. The van der Waals surface area contributed by atoms with Gasteiger partial charge in [0.05, 0.1) is 10.5 Å². The van der Waals surface area contributed by atoms with Crippen LogP contribution in [0.3, 0.4) is 0 Å². The van der Waals surface area contributed by atoms with Gasteiger partial charge in [0.15, 0.2) is 11.5 Å². The van der Waals surface area contributed by atoms with Crippen LogP contribution in [0.4, 0.5) is 5.69 Å². The summed E-state index contributed by atoms with van der Waals surface area (Å²) in [6.07, 6.45) is 0. The second-order valence-corrected chi connectivity index (χ2v) is 5.30. The van der Waals surface area contributed by atoms with Crippen LogP contribution in [0.5, 0.6) is 5.75 Å². The fourth-order valence-electron chi connectivity index (χ4n) is 1.85. The van der Waals surface area contributed by atoms with Crippen molar-refractivity contribution >= 4 is 27.4 Å². The van der Waals surface area contributed by atoms with Crippen LogP contribution < -0.4 is 4.74 Å². The molecule has 0 radical (unpaired) electrons. The topological polar surface area (TPSA) is 69.4 Å². The molecule has 0 aliphatic carbocycles. The molecular weight excluding hydrogens is 338 g/mol. The molecule has 6 heteroatoms. The summed E-state index contributed by atoms with van der Waals surface area (Å²) in [5.74, 6) is -0.272. The number of nitrogens with zero attached hydrogens (tertiary/aromatic N) is 1. The van der Waals surface area contributed by atoms with Crippen LogP contribution in [0.15, 0.2) is 46.9 Å². The van der Waals surface area contributed by atoms with Gasteiger partial charge >= 0.3 is 5.69 Å². The molecule has 0 heterocycles. The molecular formula is C15H12BrNO4. The first-order valence-electron chi connectivity index (χ1n) is 6.14. The SMILES string of the molecule is CC(=O)c1cccc(OCc2ccc(Br)cc2)c1[N+](=O)[O-]. The predicted octanol–water partition coefficient (Wildman–Crippen LogP) is 4.14. The number of hydrogen-bond donors (Lipinski definition) is 0. The number of ketones is 1. The van der Waals surface area contributed by atoms with Crippen molar-refractivity contribution in [1.82, 2.24) is 0 Å². The van der Waals surface area contributed by atoms with E-state index in [1.165, 1.54) is 19.1 Å². The molecule has 108 valence electrons. The van der Waals surface area contributed by atoms with E-state index < -0.39 is 4.92 Å². The molecule has 0 bridgehead atoms. The van der Waals surface area contributed by atoms with E-state index in [9.17, 15) is 14.9 Å². The number of nitro benzene ring substituents is 1. The van der Waals surface area contributed by atoms with Gasteiger partial charge in [-0.1, -0.05) is 34.1 Å². The molecule has 0 aliphatic rings. The molecule has 2 aromatic rings. The number of Topliss-reactive ketones (excluding diaryl/α,β-unsaturated/α-hetero) is 1. The molecule has 0 saturated heterocycles. The maximum absolute atomic E-state index is 11.5. The molecule has 0 aliphatic heterocycles. The van der Waals surface area contributed by atoms with Crippen molar-refractivity contribution in [1.29, 1.82) is 0 Å². The number of rotatable bonds is 5. The largest absolute Gasteiger partial charge is 0.482 e. The molecule has 0 unspecified atom stereocenters. The summed E-state index contributed by atoms with van der Waals surface area (Å²) in [7, 11) is 0. The fraction of sp³-hybridized carbons (Fsp3) is 0.133. The van der Waals surface area contributed by atoms with Gasteiger partial charge in [0.25, 0.3) is 0 Å². The average Bonchev–Trinajstić information content (AvgIpc) is 2.46. The minimum atomic E-state index is -0.590. The third kappa shape index (κ3) is 3.66. The highest BCUT2D eigenvalue weighted by Crippen LogP contribution is 2.31. The number of hydrogen-bond acceptors (Lipinski definition) is 4. The minimum Gasteiger partial charge on any atom is -0.482 e. The molecule has 0 aromatic heterocycles. The van der Waals surface area contributed by atoms with Crippen LogP contribution in [-0.2, 0) is 6.61 Å². The van der Waals surface area contributed by atoms with Gasteiger partial charge in [0.2, 0.25) is 0 Å². The maximum atomic E-state index is 11.5. The lowest BCUT2D eigenvalue weighted by Gasteiger charge is -2.08. The number of para-hydroxylation sites is 1. The molecule has 0 N–H and O–H groups in total. The highest BCUT2D eigenvalue weighted by Gasteiger charge is 2.23. The molecule has 0 fully saturated rings. The lowest BCUT2D eigenvalue weighted by Crippen LogP contribution is -2.04. The Kier molecular flexibility index (Phi) is 4.70. The maximum Gasteiger partial charge on any atom is 0.321 e. The zero-order valence-corrected chi connectivity index (χ0v) is 12.8. The van der Waals surface area contributed by atoms with Crippen molar-refractivity contribution < 1.29 is 14.5 Å². The molecule has 5 nitrogen and oxygen atoms in total. The van der Waals surface area contributed by atoms with Crippen LogP contribution in [-0.4, -0.2) is 10.7 Å². The second-order valence-electron chi connectivity index (χ2n) is 4.38. The van der Waals surface area contributed by atoms with Gasteiger partial charge in [-0.3, -0.25) is 14.9 Å². The Labute approximate surface area is 129 Å². The lowest BCUT2D eigenvalue weighted by molar-refractivity contribution is -0.386. The first-order chi connectivity index (χ1) is 9.99. The summed E-state index contributed by atoms with van der Waals surface area (Å²) in [5.41, 5.74) is 0.635. The van der Waals surface area contributed by atoms with Crippen LogP contribution in [0.2, 0.25) is 0 Å². The van der Waals surface area contributed by atoms with Gasteiger partial charge in [-0.05, 0) is 36.8 Å². The number of carbonyl (C=O) groups excluding carboxylic acids is 1. The van der Waals surface area contributed by atoms with Crippen LogP contribution >= 0.6 is 15.9 Å². The summed E-state index contributed by atoms with van der Waals surface area (Å²) in [4.78, 5) is 22.0. The summed E-state index contributed by atoms with van der Waals surface area (Å²) in [5, 5.41) is 11.2. The Balaban J connectivity index is 2.27. The Morgan fingerprint density at radius 3 is 2.48 bits per heavy atom. The number of benzene rings is 2. The van der Waals surface area contributed by atoms with E-state index in [1.807, 2.05) is 24.3 Å². The smallest absolute Gasteiger partial charge is 0.321 e. The van der Waals surface area contributed by atoms with Crippen molar-refractivity contribution in [2.75, 3.05) is 0 Å². The lowest BCUT2D eigenvalue weighted by atomic mass is 10.1. The molecule has 0 spiro atoms. The Morgan fingerprint density at radius 2 is 1.90 bits per heavy atom. The zero-order chi connectivity index (χ0) is 15.4. The van der Waals surface area contributed by atoms with E-state index in [1.54, 1.807) is 6.07 Å². The van der Waals surface area contributed by atoms with Crippen molar-refractivity contribution in [2.45, 2.75) is 13.5 Å². The third-order valence-corrected chi connectivity index (χ3v) is 3.40. The molecule has 0 saturated carbocycles. The van der Waals surface area contributed by atoms with Gasteiger partial charge in [0.1, 0.15) is 6.61 Å². The van der Waals surface area contributed by atoms with Gasteiger partial charge < -0.3 is 4.74 Å². The van der Waals surface area contributed by atoms with Crippen molar-refractivity contribution in [2.24, 2.45) is 0 Å². The zero-order valence-electron chi connectivity index (χ0n) is 11.2. The standard InChI is InChI=1S/C15H12BrNO4/c1-10(18)13-3-2-4-14(15(13)17(19)20)21-9-11-5-7-12(16)8-6-11/h2-8H,9H2,1H3. The van der Waals surface area contributed by atoms with Crippen LogP contribution in [0, 0.1) is 10.1 Å². The first-order valence-corrected chi connectivity index (χ1v) is 6.94. The third-order valence-electron chi connectivity index (χ3n) is 2.87. The number of halogens is 1. The predicted molar refractivity (Wildman–Crippen MR) is 81.6 cm³/mol. The average molecular weight is 350 g/mol. The fourth-order valence-corrected chi connectivity index (χ4v) is 2.12.